The summed E-state index contributed by atoms with van der Waals surface area (Å²) >= 11 is 0. The van der Waals surface area contributed by atoms with Crippen LogP contribution >= 0.6 is 0 Å². The third-order valence-electron chi connectivity index (χ3n) is 6.16. The van der Waals surface area contributed by atoms with Gasteiger partial charge < -0.3 is 4.74 Å². The maximum absolute atomic E-state index is 13.3. The molecular formula is C18H31N3O4S. The number of fused-ring (bicyclic) bond motifs is 2. The first-order valence-electron chi connectivity index (χ1n) is 9.77. The predicted octanol–water partition coefficient (Wildman–Crippen LogP) is 1.49. The molecule has 0 N–H and O–H groups in total. The van der Waals surface area contributed by atoms with E-state index in [0.717, 1.165) is 25.1 Å². The lowest BCUT2D eigenvalue weighted by Crippen LogP contribution is -2.47. The minimum atomic E-state index is -3.23. The molecule has 0 radical (unpaired) electrons. The van der Waals surface area contributed by atoms with Gasteiger partial charge in [0.1, 0.15) is 11.4 Å². The van der Waals surface area contributed by atoms with E-state index in [1.54, 1.807) is 16.3 Å². The van der Waals surface area contributed by atoms with E-state index in [9.17, 15) is 13.2 Å². The average molecular weight is 386 g/mol. The fourth-order valence-corrected chi connectivity index (χ4v) is 6.43. The Kier molecular flexibility index (Phi) is 5.75. The van der Waals surface area contributed by atoms with E-state index >= 15 is 0 Å². The fraction of sp³-hybridized carbons (Fsp3) is 0.889. The Labute approximate surface area is 156 Å². The number of nitrogens with zero attached hydrogens (tertiary/aromatic N) is 3. The highest BCUT2D eigenvalue weighted by molar-refractivity contribution is 7.89. The molecule has 2 heterocycles. The van der Waals surface area contributed by atoms with Crippen molar-refractivity contribution >= 4 is 21.8 Å². The van der Waals surface area contributed by atoms with Crippen LogP contribution in [-0.4, -0.2) is 74.0 Å². The molecule has 0 aromatic rings. The van der Waals surface area contributed by atoms with E-state index in [1.807, 2.05) is 13.8 Å². The number of amidine groups is 1. The van der Waals surface area contributed by atoms with Crippen molar-refractivity contribution in [1.29, 1.82) is 0 Å². The molecule has 0 aromatic carbocycles. The summed E-state index contributed by atoms with van der Waals surface area (Å²) in [5.41, 5.74) is -0.751. The van der Waals surface area contributed by atoms with Crippen LogP contribution in [0.3, 0.4) is 0 Å². The maximum atomic E-state index is 13.3. The molecule has 26 heavy (non-hydrogen) atoms. The van der Waals surface area contributed by atoms with Crippen molar-refractivity contribution < 1.29 is 17.9 Å². The zero-order valence-corrected chi connectivity index (χ0v) is 16.9. The number of sulfonamides is 1. The van der Waals surface area contributed by atoms with E-state index < -0.39 is 15.6 Å². The predicted molar refractivity (Wildman–Crippen MR) is 101 cm³/mol. The number of hydrogen-bond donors (Lipinski definition) is 0. The van der Waals surface area contributed by atoms with E-state index in [1.165, 1.54) is 0 Å². The topological polar surface area (TPSA) is 79.3 Å². The molecule has 0 aromatic heterocycles. The molecule has 8 heteroatoms. The van der Waals surface area contributed by atoms with E-state index in [-0.39, 0.29) is 23.5 Å². The second-order valence-electron chi connectivity index (χ2n) is 7.65. The SMILES string of the molecule is CCCCS(=O)(=O)N1C[C@@H]2CC[C@]3(N=C(CC)N(CCOC)C3=O)[C@@H]2C1. The molecule has 1 aliphatic carbocycles. The summed E-state index contributed by atoms with van der Waals surface area (Å²) in [7, 11) is -1.61. The normalized spacial score (nSPS) is 31.9. The minimum absolute atomic E-state index is 0.000460. The van der Waals surface area contributed by atoms with Crippen molar-refractivity contribution in [2.24, 2.45) is 16.8 Å². The number of aliphatic imine (C=N–C) groups is 1. The van der Waals surface area contributed by atoms with Crippen LogP contribution < -0.4 is 0 Å². The van der Waals surface area contributed by atoms with E-state index in [2.05, 4.69) is 0 Å². The molecule has 2 aliphatic heterocycles. The van der Waals surface area contributed by atoms with Gasteiger partial charge in [0.2, 0.25) is 10.0 Å². The van der Waals surface area contributed by atoms with Crippen molar-refractivity contribution in [3.8, 4) is 0 Å². The molecule has 1 saturated carbocycles. The Hall–Kier alpha value is -0.990. The van der Waals surface area contributed by atoms with Crippen molar-refractivity contribution in [2.75, 3.05) is 39.1 Å². The molecule has 3 aliphatic rings. The Morgan fingerprint density at radius 1 is 1.31 bits per heavy atom. The summed E-state index contributed by atoms with van der Waals surface area (Å²) < 4.78 is 32.0. The monoisotopic (exact) mass is 385 g/mol. The number of methoxy groups -OCH3 is 1. The van der Waals surface area contributed by atoms with Gasteiger partial charge in [-0.15, -0.1) is 0 Å². The second kappa shape index (κ2) is 7.56. The van der Waals surface area contributed by atoms with Gasteiger partial charge in [0.25, 0.3) is 5.91 Å². The zero-order valence-electron chi connectivity index (χ0n) is 16.1. The highest BCUT2D eigenvalue weighted by atomic mass is 32.2. The van der Waals surface area contributed by atoms with Gasteiger partial charge in [0.15, 0.2) is 0 Å². The number of carbonyl (C=O) groups excluding carboxylic acids is 1. The number of rotatable bonds is 8. The molecule has 1 saturated heterocycles. The lowest BCUT2D eigenvalue weighted by atomic mass is 9.85. The number of carbonyl (C=O) groups is 1. The molecule has 1 amide bonds. The molecule has 0 bridgehead atoms. The zero-order chi connectivity index (χ0) is 18.9. The first-order valence-corrected chi connectivity index (χ1v) is 11.4. The third-order valence-corrected chi connectivity index (χ3v) is 8.05. The highest BCUT2D eigenvalue weighted by Crippen LogP contribution is 2.50. The molecule has 1 spiro atoms. The summed E-state index contributed by atoms with van der Waals surface area (Å²) in [6, 6.07) is 0. The van der Waals surface area contributed by atoms with Crippen molar-refractivity contribution in [1.82, 2.24) is 9.21 Å². The Bertz CT molecular complexity index is 678. The molecular weight excluding hydrogens is 354 g/mol. The van der Waals surface area contributed by atoms with Gasteiger partial charge in [0, 0.05) is 32.5 Å². The standard InChI is InChI=1S/C18H31N3O4S/c1-4-6-11-26(23,24)20-12-14-7-8-18(15(14)13-20)17(22)21(9-10-25-3)16(5-2)19-18/h14-15H,4-13H2,1-3H3/t14-,15+,18-/m0/s1. The molecule has 148 valence electrons. The van der Waals surface area contributed by atoms with Gasteiger partial charge in [-0.25, -0.2) is 12.7 Å². The van der Waals surface area contributed by atoms with Crippen LogP contribution in [0.15, 0.2) is 4.99 Å². The lowest BCUT2D eigenvalue weighted by Gasteiger charge is -2.28. The summed E-state index contributed by atoms with van der Waals surface area (Å²) in [4.78, 5) is 19.9. The largest absolute Gasteiger partial charge is 0.383 e. The number of ether oxygens (including phenoxy) is 1. The number of amides is 1. The Morgan fingerprint density at radius 2 is 2.08 bits per heavy atom. The molecule has 3 atom stereocenters. The molecule has 2 fully saturated rings. The third kappa shape index (κ3) is 3.20. The van der Waals surface area contributed by atoms with Crippen LogP contribution in [0.4, 0.5) is 0 Å². The van der Waals surface area contributed by atoms with Crippen molar-refractivity contribution in [2.45, 2.75) is 51.5 Å². The van der Waals surface area contributed by atoms with Crippen molar-refractivity contribution in [3.63, 3.8) is 0 Å². The Balaban J connectivity index is 1.80. The quantitative estimate of drug-likeness (QED) is 0.634. The molecule has 7 nitrogen and oxygen atoms in total. The summed E-state index contributed by atoms with van der Waals surface area (Å²) in [6.07, 6.45) is 3.85. The summed E-state index contributed by atoms with van der Waals surface area (Å²) in [6.45, 7) is 5.97. The number of hydrogen-bond acceptors (Lipinski definition) is 5. The maximum Gasteiger partial charge on any atom is 0.256 e. The Morgan fingerprint density at radius 3 is 2.73 bits per heavy atom. The van der Waals surface area contributed by atoms with Crippen LogP contribution in [0.1, 0.15) is 46.0 Å². The number of unbranched alkanes of at least 4 members (excludes halogenated alkanes) is 1. The first-order chi connectivity index (χ1) is 12.4. The second-order valence-corrected chi connectivity index (χ2v) is 9.74. The highest BCUT2D eigenvalue weighted by Gasteiger charge is 2.61. The van der Waals surface area contributed by atoms with Gasteiger partial charge in [-0.05, 0) is 25.2 Å². The first kappa shape index (κ1) is 19.8. The lowest BCUT2D eigenvalue weighted by molar-refractivity contribution is -0.132. The van der Waals surface area contributed by atoms with Crippen LogP contribution in [0.2, 0.25) is 0 Å². The van der Waals surface area contributed by atoms with E-state index in [0.29, 0.717) is 39.1 Å². The summed E-state index contributed by atoms with van der Waals surface area (Å²) in [5, 5.41) is 0. The van der Waals surface area contributed by atoms with Gasteiger partial charge >= 0.3 is 0 Å². The average Bonchev–Trinajstić information content (AvgIpc) is 3.27. The van der Waals surface area contributed by atoms with Crippen molar-refractivity contribution in [3.05, 3.63) is 0 Å². The summed E-state index contributed by atoms with van der Waals surface area (Å²) in [5.74, 6) is 1.31. The van der Waals surface area contributed by atoms with Crippen LogP contribution in [0, 0.1) is 11.8 Å². The minimum Gasteiger partial charge on any atom is -0.383 e. The van der Waals surface area contributed by atoms with Crippen LogP contribution in [-0.2, 0) is 19.6 Å². The van der Waals surface area contributed by atoms with Gasteiger partial charge in [-0.3, -0.25) is 14.7 Å². The van der Waals surface area contributed by atoms with Crippen LogP contribution in [0.25, 0.3) is 0 Å². The molecule has 0 unspecified atom stereocenters. The van der Waals surface area contributed by atoms with E-state index in [4.69, 9.17) is 9.73 Å². The van der Waals surface area contributed by atoms with Gasteiger partial charge in [-0.2, -0.15) is 0 Å². The van der Waals surface area contributed by atoms with Crippen LogP contribution in [0.5, 0.6) is 0 Å². The van der Waals surface area contributed by atoms with Gasteiger partial charge in [-0.1, -0.05) is 20.3 Å². The van der Waals surface area contributed by atoms with Gasteiger partial charge in [0.05, 0.1) is 18.9 Å². The molecule has 3 rings (SSSR count). The fourth-order valence-electron chi connectivity index (χ4n) is 4.72. The smallest absolute Gasteiger partial charge is 0.256 e.